The first-order chi connectivity index (χ1) is 11.6. The van der Waals surface area contributed by atoms with Crippen molar-refractivity contribution in [1.29, 1.82) is 0 Å². The van der Waals surface area contributed by atoms with Crippen molar-refractivity contribution in [3.8, 4) is 5.69 Å². The Balaban J connectivity index is 1.64. The van der Waals surface area contributed by atoms with E-state index in [0.717, 1.165) is 11.8 Å². The first-order valence-corrected chi connectivity index (χ1v) is 8.33. The monoisotopic (exact) mass is 362 g/mol. The Morgan fingerprint density at radius 3 is 2.79 bits per heavy atom. The van der Waals surface area contributed by atoms with Gasteiger partial charge in [-0.05, 0) is 30.3 Å². The number of hydrogen-bond acceptors (Lipinski definition) is 4. The number of carbonyl (C=O) groups is 1. The van der Waals surface area contributed by atoms with Crippen molar-refractivity contribution >= 4 is 35.0 Å². The third kappa shape index (κ3) is 3.93. The van der Waals surface area contributed by atoms with E-state index in [1.807, 2.05) is 30.3 Å². The van der Waals surface area contributed by atoms with Crippen molar-refractivity contribution in [1.82, 2.24) is 14.8 Å². The second kappa shape index (κ2) is 7.46. The molecule has 2 aromatic carbocycles. The quantitative estimate of drug-likeness (QED) is 0.701. The average Bonchev–Trinajstić information content (AvgIpc) is 3.05. The highest BCUT2D eigenvalue weighted by atomic mass is 35.5. The Labute approximate surface area is 146 Å². The zero-order valence-electron chi connectivity index (χ0n) is 12.3. The van der Waals surface area contributed by atoms with Crippen LogP contribution in [0.4, 0.5) is 10.1 Å². The van der Waals surface area contributed by atoms with Crippen LogP contribution < -0.4 is 5.32 Å². The third-order valence-corrected chi connectivity index (χ3v) is 4.27. The van der Waals surface area contributed by atoms with Crippen LogP contribution in [0.5, 0.6) is 0 Å². The molecule has 0 saturated carbocycles. The fourth-order valence-electron chi connectivity index (χ4n) is 2.00. The van der Waals surface area contributed by atoms with Gasteiger partial charge in [0.05, 0.1) is 11.4 Å². The summed E-state index contributed by atoms with van der Waals surface area (Å²) in [6, 6.07) is 13.6. The van der Waals surface area contributed by atoms with E-state index in [4.69, 9.17) is 11.6 Å². The molecule has 3 aromatic rings. The minimum absolute atomic E-state index is 0.0770. The van der Waals surface area contributed by atoms with Gasteiger partial charge in [0.15, 0.2) is 5.16 Å². The molecular formula is C16H12ClFN4OS. The number of carbonyl (C=O) groups excluding carboxylic acids is 1. The molecule has 1 heterocycles. The predicted molar refractivity (Wildman–Crippen MR) is 92.1 cm³/mol. The summed E-state index contributed by atoms with van der Waals surface area (Å²) in [6.07, 6.45) is 1.58. The van der Waals surface area contributed by atoms with E-state index in [1.165, 1.54) is 23.9 Å². The second-order valence-corrected chi connectivity index (χ2v) is 6.16. The van der Waals surface area contributed by atoms with Gasteiger partial charge in [0.25, 0.3) is 0 Å². The summed E-state index contributed by atoms with van der Waals surface area (Å²) in [6.45, 7) is 0. The van der Waals surface area contributed by atoms with Gasteiger partial charge in [0, 0.05) is 10.7 Å². The standard InChI is InChI=1S/C16H12ClFN4OS/c17-11-6-7-14(13(18)8-11)20-15(23)9-24-16-21-19-10-22(16)12-4-2-1-3-5-12/h1-8,10H,9H2,(H,20,23). The lowest BCUT2D eigenvalue weighted by molar-refractivity contribution is -0.113. The zero-order valence-corrected chi connectivity index (χ0v) is 13.9. The first-order valence-electron chi connectivity index (χ1n) is 6.96. The van der Waals surface area contributed by atoms with E-state index < -0.39 is 5.82 Å². The van der Waals surface area contributed by atoms with Gasteiger partial charge in [-0.15, -0.1) is 10.2 Å². The highest BCUT2D eigenvalue weighted by molar-refractivity contribution is 7.99. The Hall–Kier alpha value is -2.38. The number of nitrogens with zero attached hydrogens (tertiary/aromatic N) is 3. The van der Waals surface area contributed by atoms with Gasteiger partial charge in [-0.2, -0.15) is 0 Å². The van der Waals surface area contributed by atoms with Gasteiger partial charge < -0.3 is 5.32 Å². The molecule has 0 aliphatic heterocycles. The second-order valence-electron chi connectivity index (χ2n) is 4.78. The molecule has 5 nitrogen and oxygen atoms in total. The number of amides is 1. The number of anilines is 1. The van der Waals surface area contributed by atoms with Crippen molar-refractivity contribution in [2.24, 2.45) is 0 Å². The fourth-order valence-corrected chi connectivity index (χ4v) is 2.88. The molecule has 0 spiro atoms. The number of aromatic nitrogens is 3. The number of benzene rings is 2. The number of hydrogen-bond donors (Lipinski definition) is 1. The van der Waals surface area contributed by atoms with E-state index in [0.29, 0.717) is 5.16 Å². The summed E-state index contributed by atoms with van der Waals surface area (Å²) in [4.78, 5) is 12.0. The Bertz CT molecular complexity index is 856. The number of nitrogens with one attached hydrogen (secondary N) is 1. The molecule has 1 aromatic heterocycles. The molecule has 0 saturated heterocycles. The smallest absolute Gasteiger partial charge is 0.234 e. The summed E-state index contributed by atoms with van der Waals surface area (Å²) in [5, 5.41) is 11.2. The fraction of sp³-hybridized carbons (Fsp3) is 0.0625. The Kier molecular flexibility index (Phi) is 5.12. The van der Waals surface area contributed by atoms with Crippen LogP contribution in [0.3, 0.4) is 0 Å². The molecule has 0 unspecified atom stereocenters. The van der Waals surface area contributed by atoms with Gasteiger partial charge in [0.1, 0.15) is 12.1 Å². The minimum Gasteiger partial charge on any atom is -0.323 e. The Morgan fingerprint density at radius 2 is 2.04 bits per heavy atom. The largest absolute Gasteiger partial charge is 0.323 e. The lowest BCUT2D eigenvalue weighted by atomic mass is 10.3. The van der Waals surface area contributed by atoms with Crippen LogP contribution in [0.2, 0.25) is 5.02 Å². The number of thioether (sulfide) groups is 1. The van der Waals surface area contributed by atoms with Gasteiger partial charge in [-0.25, -0.2) is 4.39 Å². The van der Waals surface area contributed by atoms with Crippen molar-refractivity contribution in [3.05, 3.63) is 65.7 Å². The molecule has 1 amide bonds. The summed E-state index contributed by atoms with van der Waals surface area (Å²) >= 11 is 6.90. The summed E-state index contributed by atoms with van der Waals surface area (Å²) < 4.78 is 15.5. The average molecular weight is 363 g/mol. The maximum atomic E-state index is 13.7. The maximum absolute atomic E-state index is 13.7. The molecule has 24 heavy (non-hydrogen) atoms. The van der Waals surface area contributed by atoms with Crippen LogP contribution in [0.1, 0.15) is 0 Å². The van der Waals surface area contributed by atoms with Gasteiger partial charge in [-0.3, -0.25) is 9.36 Å². The molecule has 8 heteroatoms. The third-order valence-electron chi connectivity index (χ3n) is 3.09. The van der Waals surface area contributed by atoms with Crippen LogP contribution in [0, 0.1) is 5.82 Å². The van der Waals surface area contributed by atoms with E-state index in [-0.39, 0.29) is 22.4 Å². The predicted octanol–water partition coefficient (Wildman–Crippen LogP) is 3.79. The van der Waals surface area contributed by atoms with Crippen LogP contribution in [-0.2, 0) is 4.79 Å². The van der Waals surface area contributed by atoms with Crippen molar-refractivity contribution in [3.63, 3.8) is 0 Å². The SMILES string of the molecule is O=C(CSc1nncn1-c1ccccc1)Nc1ccc(Cl)cc1F. The first kappa shape index (κ1) is 16.5. The van der Waals surface area contributed by atoms with Gasteiger partial charge in [-0.1, -0.05) is 41.6 Å². The van der Waals surface area contributed by atoms with Crippen LogP contribution in [0.25, 0.3) is 5.69 Å². The van der Waals surface area contributed by atoms with Gasteiger partial charge >= 0.3 is 0 Å². The number of rotatable bonds is 5. The van der Waals surface area contributed by atoms with Crippen molar-refractivity contribution in [2.45, 2.75) is 5.16 Å². The van der Waals surface area contributed by atoms with Crippen molar-refractivity contribution in [2.75, 3.05) is 11.1 Å². The van der Waals surface area contributed by atoms with E-state index in [9.17, 15) is 9.18 Å². The van der Waals surface area contributed by atoms with Crippen LogP contribution in [-0.4, -0.2) is 26.4 Å². The molecule has 0 aliphatic carbocycles. The van der Waals surface area contributed by atoms with E-state index in [2.05, 4.69) is 15.5 Å². The van der Waals surface area contributed by atoms with Crippen LogP contribution in [0.15, 0.2) is 60.0 Å². The molecule has 0 bridgehead atoms. The summed E-state index contributed by atoms with van der Waals surface area (Å²) in [5.74, 6) is -0.842. The molecule has 1 N–H and O–H groups in total. The molecule has 0 atom stereocenters. The molecule has 0 fully saturated rings. The van der Waals surface area contributed by atoms with Crippen LogP contribution >= 0.6 is 23.4 Å². The minimum atomic E-state index is -0.576. The molecule has 0 aliphatic rings. The summed E-state index contributed by atoms with van der Waals surface area (Å²) in [5.41, 5.74) is 0.990. The van der Waals surface area contributed by atoms with Gasteiger partial charge in [0.2, 0.25) is 5.91 Å². The highest BCUT2D eigenvalue weighted by Gasteiger charge is 2.12. The molecule has 0 radical (unpaired) electrons. The molecule has 3 rings (SSSR count). The normalized spacial score (nSPS) is 10.6. The highest BCUT2D eigenvalue weighted by Crippen LogP contribution is 2.21. The van der Waals surface area contributed by atoms with E-state index in [1.54, 1.807) is 10.9 Å². The van der Waals surface area contributed by atoms with Crippen molar-refractivity contribution < 1.29 is 9.18 Å². The Morgan fingerprint density at radius 1 is 1.25 bits per heavy atom. The molecular weight excluding hydrogens is 351 g/mol. The molecule has 122 valence electrons. The number of para-hydroxylation sites is 1. The zero-order chi connectivity index (χ0) is 16.9. The maximum Gasteiger partial charge on any atom is 0.234 e. The topological polar surface area (TPSA) is 59.8 Å². The lowest BCUT2D eigenvalue weighted by Crippen LogP contribution is -2.15. The van der Waals surface area contributed by atoms with E-state index >= 15 is 0 Å². The lowest BCUT2D eigenvalue weighted by Gasteiger charge is -2.07. The summed E-state index contributed by atoms with van der Waals surface area (Å²) in [7, 11) is 0. The number of halogens is 2.